The quantitative estimate of drug-likeness (QED) is 0.628. The summed E-state index contributed by atoms with van der Waals surface area (Å²) in [5.74, 6) is -0.294. The molecule has 0 bridgehead atoms. The number of likely N-dealkylation sites (N-methyl/N-ethyl adjacent to an activating group) is 1. The second-order valence-electron chi connectivity index (χ2n) is 3.90. The number of amides is 1. The molecule has 2 atom stereocenters. The largest absolute Gasteiger partial charge is 0.376 e. The summed E-state index contributed by atoms with van der Waals surface area (Å²) in [4.78, 5) is 13.3. The summed E-state index contributed by atoms with van der Waals surface area (Å²) < 4.78 is 5.55. The second-order valence-corrected chi connectivity index (χ2v) is 3.90. The molecule has 0 spiro atoms. The summed E-state index contributed by atoms with van der Waals surface area (Å²) in [5, 5.41) is 2.92. The Morgan fingerprint density at radius 2 is 2.47 bits per heavy atom. The number of hydrogen-bond acceptors (Lipinski definition) is 4. The first-order valence-electron chi connectivity index (χ1n) is 5.48. The number of carbonyl (C=O) groups is 1. The molecule has 1 aliphatic rings. The standard InChI is InChI=1S/C10H21N3O2/c1-3-8-6-13(4-5-15-8)7-9(12-2)10(11)14/h8-9,12H,3-7H2,1-2H3,(H2,11,14). The van der Waals surface area contributed by atoms with Crippen molar-refractivity contribution in [3.05, 3.63) is 0 Å². The Bertz CT molecular complexity index is 211. The number of nitrogens with two attached hydrogens (primary N) is 1. The second kappa shape index (κ2) is 6.05. The van der Waals surface area contributed by atoms with Crippen molar-refractivity contribution >= 4 is 5.91 Å². The molecule has 0 aromatic heterocycles. The number of primary amides is 1. The van der Waals surface area contributed by atoms with Crippen molar-refractivity contribution in [3.63, 3.8) is 0 Å². The molecule has 1 heterocycles. The summed E-state index contributed by atoms with van der Waals surface area (Å²) >= 11 is 0. The van der Waals surface area contributed by atoms with Gasteiger partial charge in [-0.25, -0.2) is 0 Å². The Labute approximate surface area is 90.9 Å². The lowest BCUT2D eigenvalue weighted by molar-refractivity contribution is -0.121. The van der Waals surface area contributed by atoms with Crippen LogP contribution >= 0.6 is 0 Å². The van der Waals surface area contributed by atoms with Gasteiger partial charge in [-0.3, -0.25) is 9.69 Å². The van der Waals surface area contributed by atoms with E-state index in [1.165, 1.54) is 0 Å². The van der Waals surface area contributed by atoms with Gasteiger partial charge in [0.25, 0.3) is 0 Å². The molecular weight excluding hydrogens is 194 g/mol. The van der Waals surface area contributed by atoms with Crippen LogP contribution in [0.15, 0.2) is 0 Å². The first-order valence-corrected chi connectivity index (χ1v) is 5.48. The molecule has 3 N–H and O–H groups in total. The van der Waals surface area contributed by atoms with Gasteiger partial charge in [-0.2, -0.15) is 0 Å². The van der Waals surface area contributed by atoms with E-state index in [1.807, 2.05) is 0 Å². The molecule has 15 heavy (non-hydrogen) atoms. The van der Waals surface area contributed by atoms with Crippen LogP contribution in [0, 0.1) is 0 Å². The fourth-order valence-corrected chi connectivity index (χ4v) is 1.77. The molecule has 1 amide bonds. The fourth-order valence-electron chi connectivity index (χ4n) is 1.77. The van der Waals surface area contributed by atoms with Gasteiger partial charge in [0, 0.05) is 19.6 Å². The molecule has 0 aliphatic carbocycles. The minimum atomic E-state index is -0.294. The predicted molar refractivity (Wildman–Crippen MR) is 58.5 cm³/mol. The zero-order valence-corrected chi connectivity index (χ0v) is 9.53. The van der Waals surface area contributed by atoms with Gasteiger partial charge in [-0.1, -0.05) is 6.92 Å². The van der Waals surface area contributed by atoms with Crippen molar-refractivity contribution in [1.29, 1.82) is 0 Å². The van der Waals surface area contributed by atoms with Crippen LogP contribution in [0.1, 0.15) is 13.3 Å². The first kappa shape index (κ1) is 12.4. The van der Waals surface area contributed by atoms with E-state index in [-0.39, 0.29) is 11.9 Å². The lowest BCUT2D eigenvalue weighted by Gasteiger charge is -2.33. The minimum Gasteiger partial charge on any atom is -0.376 e. The van der Waals surface area contributed by atoms with Crippen molar-refractivity contribution in [2.45, 2.75) is 25.5 Å². The topological polar surface area (TPSA) is 67.6 Å². The number of rotatable bonds is 5. The van der Waals surface area contributed by atoms with Gasteiger partial charge >= 0.3 is 0 Å². The number of hydrogen-bond donors (Lipinski definition) is 2. The Hall–Kier alpha value is -0.650. The van der Waals surface area contributed by atoms with Crippen LogP contribution in [0.25, 0.3) is 0 Å². The summed E-state index contributed by atoms with van der Waals surface area (Å²) in [5.41, 5.74) is 5.27. The minimum absolute atomic E-state index is 0.263. The summed E-state index contributed by atoms with van der Waals surface area (Å²) in [7, 11) is 1.76. The molecule has 0 radical (unpaired) electrons. The molecular formula is C10H21N3O2. The third kappa shape index (κ3) is 3.77. The average molecular weight is 215 g/mol. The van der Waals surface area contributed by atoms with E-state index in [2.05, 4.69) is 17.1 Å². The molecule has 0 aromatic carbocycles. The van der Waals surface area contributed by atoms with Crippen LogP contribution in [-0.4, -0.2) is 56.2 Å². The van der Waals surface area contributed by atoms with Crippen molar-refractivity contribution in [2.75, 3.05) is 33.3 Å². The summed E-state index contributed by atoms with van der Waals surface area (Å²) in [6, 6.07) is -0.263. The number of carbonyl (C=O) groups excluding carboxylic acids is 1. The zero-order chi connectivity index (χ0) is 11.3. The zero-order valence-electron chi connectivity index (χ0n) is 9.53. The van der Waals surface area contributed by atoms with Gasteiger partial charge in [0.2, 0.25) is 5.91 Å². The van der Waals surface area contributed by atoms with Gasteiger partial charge in [0.15, 0.2) is 0 Å². The van der Waals surface area contributed by atoms with Crippen LogP contribution < -0.4 is 11.1 Å². The van der Waals surface area contributed by atoms with E-state index in [0.717, 1.165) is 26.1 Å². The SMILES string of the molecule is CCC1CN(CC(NC)C(N)=O)CCO1. The Morgan fingerprint density at radius 3 is 3.00 bits per heavy atom. The predicted octanol–water partition coefficient (Wildman–Crippen LogP) is -0.829. The van der Waals surface area contributed by atoms with Crippen molar-refractivity contribution in [1.82, 2.24) is 10.2 Å². The molecule has 2 unspecified atom stereocenters. The van der Waals surface area contributed by atoms with Crippen molar-refractivity contribution in [3.8, 4) is 0 Å². The molecule has 1 fully saturated rings. The van der Waals surface area contributed by atoms with Gasteiger partial charge in [-0.05, 0) is 13.5 Å². The number of nitrogens with zero attached hydrogens (tertiary/aromatic N) is 1. The van der Waals surface area contributed by atoms with Crippen LogP contribution in [0.3, 0.4) is 0 Å². The molecule has 0 saturated carbocycles. The first-order chi connectivity index (χ1) is 7.17. The van der Waals surface area contributed by atoms with E-state index in [4.69, 9.17) is 10.5 Å². The third-order valence-electron chi connectivity index (χ3n) is 2.81. The van der Waals surface area contributed by atoms with Crippen molar-refractivity contribution in [2.24, 2.45) is 5.73 Å². The Balaban J connectivity index is 2.39. The Kier molecular flexibility index (Phi) is 5.01. The monoisotopic (exact) mass is 215 g/mol. The van der Waals surface area contributed by atoms with E-state index in [1.54, 1.807) is 7.05 Å². The molecule has 88 valence electrons. The Morgan fingerprint density at radius 1 is 1.73 bits per heavy atom. The number of ether oxygens (including phenoxy) is 1. The third-order valence-corrected chi connectivity index (χ3v) is 2.81. The molecule has 1 saturated heterocycles. The van der Waals surface area contributed by atoms with E-state index >= 15 is 0 Å². The highest BCUT2D eigenvalue weighted by Gasteiger charge is 2.23. The fraction of sp³-hybridized carbons (Fsp3) is 0.900. The van der Waals surface area contributed by atoms with Crippen LogP contribution in [0.4, 0.5) is 0 Å². The number of morpholine rings is 1. The smallest absolute Gasteiger partial charge is 0.235 e. The maximum absolute atomic E-state index is 11.1. The van der Waals surface area contributed by atoms with E-state index in [0.29, 0.717) is 12.6 Å². The normalized spacial score (nSPS) is 25.1. The maximum Gasteiger partial charge on any atom is 0.235 e. The molecule has 5 nitrogen and oxygen atoms in total. The average Bonchev–Trinajstić information content (AvgIpc) is 2.25. The highest BCUT2D eigenvalue weighted by atomic mass is 16.5. The van der Waals surface area contributed by atoms with Gasteiger partial charge in [-0.15, -0.1) is 0 Å². The summed E-state index contributed by atoms with van der Waals surface area (Å²) in [6.45, 7) is 5.29. The summed E-state index contributed by atoms with van der Waals surface area (Å²) in [6.07, 6.45) is 1.31. The van der Waals surface area contributed by atoms with Crippen molar-refractivity contribution < 1.29 is 9.53 Å². The van der Waals surface area contributed by atoms with Crippen LogP contribution in [0.5, 0.6) is 0 Å². The van der Waals surface area contributed by atoms with Gasteiger partial charge in [0.05, 0.1) is 18.8 Å². The van der Waals surface area contributed by atoms with E-state index < -0.39 is 0 Å². The van der Waals surface area contributed by atoms with Crippen LogP contribution in [-0.2, 0) is 9.53 Å². The van der Waals surface area contributed by atoms with E-state index in [9.17, 15) is 4.79 Å². The molecule has 1 rings (SSSR count). The molecule has 5 heteroatoms. The molecule has 0 aromatic rings. The van der Waals surface area contributed by atoms with Gasteiger partial charge in [0.1, 0.15) is 0 Å². The lowest BCUT2D eigenvalue weighted by atomic mass is 10.2. The number of nitrogens with one attached hydrogen (secondary N) is 1. The highest BCUT2D eigenvalue weighted by molar-refractivity contribution is 5.80. The maximum atomic E-state index is 11.1. The highest BCUT2D eigenvalue weighted by Crippen LogP contribution is 2.08. The molecule has 1 aliphatic heterocycles. The lowest BCUT2D eigenvalue weighted by Crippen LogP contribution is -2.52. The van der Waals surface area contributed by atoms with Gasteiger partial charge < -0.3 is 15.8 Å². The van der Waals surface area contributed by atoms with Crippen LogP contribution in [0.2, 0.25) is 0 Å².